The molecule has 0 fully saturated rings. The van der Waals surface area contributed by atoms with E-state index in [0.29, 0.717) is 11.6 Å². The molecule has 252 valence electrons. The van der Waals surface area contributed by atoms with E-state index in [1.807, 2.05) is 126 Å². The van der Waals surface area contributed by atoms with Crippen LogP contribution < -0.4 is 0 Å². The van der Waals surface area contributed by atoms with Gasteiger partial charge >= 0.3 is 0 Å². The van der Waals surface area contributed by atoms with E-state index in [1.54, 1.807) is 47.8 Å². The molecule has 51 heavy (non-hydrogen) atoms. The van der Waals surface area contributed by atoms with E-state index in [4.69, 9.17) is 4.42 Å². The Morgan fingerprint density at radius 1 is 0.490 bits per heavy atom. The normalized spacial score (nSPS) is 10.5. The summed E-state index contributed by atoms with van der Waals surface area (Å²) >= 11 is 3.50. The third kappa shape index (κ3) is 13.0. The fourth-order valence-corrected chi connectivity index (χ4v) is 5.65. The molecule has 0 atom stereocenters. The van der Waals surface area contributed by atoms with Gasteiger partial charge < -0.3 is 8.83 Å². The van der Waals surface area contributed by atoms with Crippen LogP contribution in [0.15, 0.2) is 220 Å². The van der Waals surface area contributed by atoms with Crippen LogP contribution in [0.25, 0.3) is 43.8 Å². The highest BCUT2D eigenvalue weighted by Crippen LogP contribution is 2.19. The first-order chi connectivity index (χ1) is 25.4. The van der Waals surface area contributed by atoms with E-state index in [0.717, 1.165) is 28.5 Å². The molecule has 0 N–H and O–H groups in total. The zero-order valence-electron chi connectivity index (χ0n) is 27.9. The van der Waals surface area contributed by atoms with Crippen molar-refractivity contribution in [2.24, 2.45) is 0 Å². The predicted octanol–water partition coefficient (Wildman–Crippen LogP) is 13.1. The van der Waals surface area contributed by atoms with E-state index in [1.165, 1.54) is 10.1 Å². The molecule has 1 aliphatic rings. The number of fused-ring (bicyclic) bond motifs is 2. The first-order valence-electron chi connectivity index (χ1n) is 16.3. The molecule has 0 radical (unpaired) electrons. The lowest BCUT2D eigenvalue weighted by atomic mass is 10.2. The molecule has 0 saturated carbocycles. The van der Waals surface area contributed by atoms with Crippen LogP contribution >= 0.6 is 22.7 Å². The average Bonchev–Trinajstić information content (AvgIpc) is 4.08. The Hall–Kier alpha value is -6.15. The quantitative estimate of drug-likeness (QED) is 0.179. The molecule has 5 nitrogen and oxygen atoms in total. The van der Waals surface area contributed by atoms with Crippen molar-refractivity contribution in [1.29, 1.82) is 0 Å². The van der Waals surface area contributed by atoms with Crippen LogP contribution in [0, 0.1) is 0 Å². The minimum absolute atomic E-state index is 0.699. The second-order valence-electron chi connectivity index (χ2n) is 10.5. The van der Waals surface area contributed by atoms with Crippen LogP contribution in [-0.2, 0) is 0 Å². The molecule has 7 heteroatoms. The molecule has 5 heterocycles. The van der Waals surface area contributed by atoms with Gasteiger partial charge in [-0.1, -0.05) is 133 Å². The maximum atomic E-state index is 5.12. The standard InChI is InChI=1S/C15H11N3.C8H6O.C8H6S.C5H6.C4H4O.C4H4S/c1-3-7-12(8-4-1)14-16-11-17-15(18-14)13-9-5-2-6-10-13;2*1-2-4-8-7(3-1)5-6-9-8;3*1-2-4-5-3-1/h1-11H;2*1-6H;1-4H,5H2;2*1-4H. The molecule has 0 bridgehead atoms. The summed E-state index contributed by atoms with van der Waals surface area (Å²) in [6.45, 7) is 0. The van der Waals surface area contributed by atoms with Gasteiger partial charge in [0, 0.05) is 21.2 Å². The van der Waals surface area contributed by atoms with Crippen LogP contribution in [0.3, 0.4) is 0 Å². The lowest BCUT2D eigenvalue weighted by Crippen LogP contribution is -1.94. The Morgan fingerprint density at radius 2 is 1.08 bits per heavy atom. The van der Waals surface area contributed by atoms with Gasteiger partial charge in [0.15, 0.2) is 11.6 Å². The molecule has 0 unspecified atom stereocenters. The molecule has 0 aliphatic heterocycles. The Bertz CT molecular complexity index is 1990. The van der Waals surface area contributed by atoms with Gasteiger partial charge in [0.2, 0.25) is 0 Å². The first-order valence-corrected chi connectivity index (χ1v) is 18.1. The van der Waals surface area contributed by atoms with Crippen molar-refractivity contribution in [3.63, 3.8) is 0 Å². The van der Waals surface area contributed by atoms with E-state index in [2.05, 4.69) is 79.4 Å². The molecule has 0 amide bonds. The van der Waals surface area contributed by atoms with Gasteiger partial charge in [0.05, 0.1) is 18.8 Å². The highest BCUT2D eigenvalue weighted by atomic mass is 32.1. The Kier molecular flexibility index (Phi) is 15.4. The van der Waals surface area contributed by atoms with Gasteiger partial charge in [-0.05, 0) is 64.3 Å². The number of thiophene rings is 2. The second kappa shape index (κ2) is 21.7. The Labute approximate surface area is 306 Å². The summed E-state index contributed by atoms with van der Waals surface area (Å²) in [4.78, 5) is 12.9. The highest BCUT2D eigenvalue weighted by Gasteiger charge is 2.04. The highest BCUT2D eigenvalue weighted by molar-refractivity contribution is 7.17. The summed E-state index contributed by atoms with van der Waals surface area (Å²) in [5.41, 5.74) is 2.95. The lowest BCUT2D eigenvalue weighted by Gasteiger charge is -2.02. The number of benzene rings is 4. The van der Waals surface area contributed by atoms with E-state index in [9.17, 15) is 0 Å². The van der Waals surface area contributed by atoms with Gasteiger partial charge in [-0.25, -0.2) is 15.0 Å². The third-order valence-electron chi connectivity index (χ3n) is 6.87. The number of rotatable bonds is 2. The maximum absolute atomic E-state index is 5.12. The summed E-state index contributed by atoms with van der Waals surface area (Å²) < 4.78 is 11.1. The molecular formula is C44H37N3O2S2. The van der Waals surface area contributed by atoms with Gasteiger partial charge in [-0.3, -0.25) is 0 Å². The monoisotopic (exact) mass is 703 g/mol. The van der Waals surface area contributed by atoms with Crippen LogP contribution in [0.2, 0.25) is 0 Å². The molecular weight excluding hydrogens is 667 g/mol. The smallest absolute Gasteiger partial charge is 0.163 e. The second-order valence-corrected chi connectivity index (χ2v) is 12.2. The van der Waals surface area contributed by atoms with Gasteiger partial charge in [-0.2, -0.15) is 11.3 Å². The SMILES string of the molecule is C1=CCC=C1.c1ccc(-c2ncnc(-c3ccccc3)n2)cc1.c1ccc2occc2c1.c1ccc2sccc2c1.c1ccoc1.c1ccsc1. The summed E-state index contributed by atoms with van der Waals surface area (Å²) in [7, 11) is 0. The summed E-state index contributed by atoms with van der Waals surface area (Å²) in [6.07, 6.45) is 16.0. The Balaban J connectivity index is 0.000000129. The first kappa shape index (κ1) is 36.1. The van der Waals surface area contributed by atoms with Crippen LogP contribution in [-0.4, -0.2) is 15.0 Å². The van der Waals surface area contributed by atoms with Crippen molar-refractivity contribution in [3.05, 3.63) is 211 Å². The zero-order chi connectivity index (χ0) is 35.0. The fourth-order valence-electron chi connectivity index (χ4n) is 4.41. The van der Waals surface area contributed by atoms with Crippen molar-refractivity contribution in [2.75, 3.05) is 0 Å². The number of aromatic nitrogens is 3. The molecule has 4 aromatic carbocycles. The number of furan rings is 2. The number of para-hydroxylation sites is 1. The molecule has 1 aliphatic carbocycles. The molecule has 5 aromatic heterocycles. The number of allylic oxidation sites excluding steroid dienone is 4. The summed E-state index contributed by atoms with van der Waals surface area (Å²) in [6, 6.07) is 47.9. The molecule has 9 aromatic rings. The molecule has 0 saturated heterocycles. The predicted molar refractivity (Wildman–Crippen MR) is 215 cm³/mol. The van der Waals surface area contributed by atoms with Crippen molar-refractivity contribution >= 4 is 43.7 Å². The van der Waals surface area contributed by atoms with Crippen LogP contribution in [0.5, 0.6) is 0 Å². The maximum Gasteiger partial charge on any atom is 0.163 e. The van der Waals surface area contributed by atoms with Crippen molar-refractivity contribution in [3.8, 4) is 22.8 Å². The van der Waals surface area contributed by atoms with Crippen LogP contribution in [0.1, 0.15) is 6.42 Å². The Morgan fingerprint density at radius 3 is 1.59 bits per heavy atom. The average molecular weight is 704 g/mol. The number of nitrogens with zero attached hydrogens (tertiary/aromatic N) is 3. The van der Waals surface area contributed by atoms with Gasteiger partial charge in [0.1, 0.15) is 11.9 Å². The fraction of sp³-hybridized carbons (Fsp3) is 0.0227. The topological polar surface area (TPSA) is 65.0 Å². The molecule has 10 rings (SSSR count). The van der Waals surface area contributed by atoms with E-state index < -0.39 is 0 Å². The minimum Gasteiger partial charge on any atom is -0.473 e. The van der Waals surface area contributed by atoms with Gasteiger partial charge in [-0.15, -0.1) is 11.3 Å². The minimum atomic E-state index is 0.699. The summed E-state index contributed by atoms with van der Waals surface area (Å²) in [5, 5.41) is 8.71. The number of hydrogen-bond acceptors (Lipinski definition) is 7. The summed E-state index contributed by atoms with van der Waals surface area (Å²) in [5.74, 6) is 1.40. The molecule has 0 spiro atoms. The van der Waals surface area contributed by atoms with Crippen molar-refractivity contribution in [2.45, 2.75) is 6.42 Å². The lowest BCUT2D eigenvalue weighted by molar-refractivity contribution is 0.567. The van der Waals surface area contributed by atoms with E-state index >= 15 is 0 Å². The van der Waals surface area contributed by atoms with Crippen molar-refractivity contribution in [1.82, 2.24) is 15.0 Å². The van der Waals surface area contributed by atoms with Crippen LogP contribution in [0.4, 0.5) is 0 Å². The van der Waals surface area contributed by atoms with Crippen molar-refractivity contribution < 1.29 is 8.83 Å². The van der Waals surface area contributed by atoms with E-state index in [-0.39, 0.29) is 0 Å². The van der Waals surface area contributed by atoms with Gasteiger partial charge in [0.25, 0.3) is 0 Å². The largest absolute Gasteiger partial charge is 0.473 e. The zero-order valence-corrected chi connectivity index (χ0v) is 29.5. The third-order valence-corrected chi connectivity index (χ3v) is 8.39. The number of hydrogen-bond donors (Lipinski definition) is 0.